The van der Waals surface area contributed by atoms with Crippen LogP contribution < -0.4 is 10.0 Å². The van der Waals surface area contributed by atoms with Gasteiger partial charge in [0.1, 0.15) is 0 Å². The largest absolute Gasteiger partial charge is 0.456 e. The molecule has 0 saturated carbocycles. The fraction of sp³-hybridized carbons (Fsp3) is 0.176. The molecule has 0 spiro atoms. The summed E-state index contributed by atoms with van der Waals surface area (Å²) >= 11 is 5.72. The van der Waals surface area contributed by atoms with E-state index in [0.717, 1.165) is 6.07 Å². The van der Waals surface area contributed by atoms with E-state index in [1.165, 1.54) is 0 Å². The summed E-state index contributed by atoms with van der Waals surface area (Å²) in [4.78, 5) is 22.8. The van der Waals surface area contributed by atoms with E-state index >= 15 is 0 Å². The molecule has 0 radical (unpaired) electrons. The maximum atomic E-state index is 13.1. The Balaban J connectivity index is 1.75. The molecule has 0 atom stereocenters. The standard InChI is InChI=1S/C17H15ClF2N2O5S/c18-11-1-3-12(4-2-11)22-16(23)10-27-17(24)7-8-21-28(25,26)13-5-6-14(19)15(20)9-13/h1-6,9,21H,7-8,10H2,(H,22,23). The number of hydrogen-bond donors (Lipinski definition) is 2. The maximum absolute atomic E-state index is 13.1. The highest BCUT2D eigenvalue weighted by molar-refractivity contribution is 7.89. The fourth-order valence-electron chi connectivity index (χ4n) is 1.96. The molecule has 2 aromatic carbocycles. The molecule has 0 aliphatic heterocycles. The molecule has 2 N–H and O–H groups in total. The highest BCUT2D eigenvalue weighted by Crippen LogP contribution is 2.14. The van der Waals surface area contributed by atoms with Gasteiger partial charge >= 0.3 is 5.97 Å². The van der Waals surface area contributed by atoms with Crippen LogP contribution in [0.4, 0.5) is 14.5 Å². The van der Waals surface area contributed by atoms with Crippen molar-refractivity contribution in [2.45, 2.75) is 11.3 Å². The summed E-state index contributed by atoms with van der Waals surface area (Å²) in [6, 6.07) is 8.36. The normalized spacial score (nSPS) is 11.1. The van der Waals surface area contributed by atoms with Gasteiger partial charge < -0.3 is 10.1 Å². The van der Waals surface area contributed by atoms with Crippen molar-refractivity contribution in [3.63, 3.8) is 0 Å². The number of hydrogen-bond acceptors (Lipinski definition) is 5. The van der Waals surface area contributed by atoms with Crippen LogP contribution in [0.3, 0.4) is 0 Å². The molecule has 0 aromatic heterocycles. The number of anilines is 1. The van der Waals surface area contributed by atoms with Gasteiger partial charge in [0.15, 0.2) is 18.2 Å². The van der Waals surface area contributed by atoms with E-state index in [4.69, 9.17) is 16.3 Å². The highest BCUT2D eigenvalue weighted by atomic mass is 35.5. The summed E-state index contributed by atoms with van der Waals surface area (Å²) in [5, 5.41) is 2.98. The highest BCUT2D eigenvalue weighted by Gasteiger charge is 2.17. The van der Waals surface area contributed by atoms with Crippen molar-refractivity contribution in [1.82, 2.24) is 4.72 Å². The van der Waals surface area contributed by atoms with E-state index in [0.29, 0.717) is 22.8 Å². The van der Waals surface area contributed by atoms with Gasteiger partial charge in [-0.3, -0.25) is 9.59 Å². The van der Waals surface area contributed by atoms with E-state index in [2.05, 4.69) is 10.0 Å². The van der Waals surface area contributed by atoms with Crippen molar-refractivity contribution in [3.8, 4) is 0 Å². The lowest BCUT2D eigenvalue weighted by Crippen LogP contribution is -2.28. The van der Waals surface area contributed by atoms with Gasteiger partial charge in [0.05, 0.1) is 11.3 Å². The van der Waals surface area contributed by atoms with Gasteiger partial charge in [-0.15, -0.1) is 0 Å². The fourth-order valence-corrected chi connectivity index (χ4v) is 3.13. The van der Waals surface area contributed by atoms with E-state index in [1.54, 1.807) is 24.3 Å². The van der Waals surface area contributed by atoms with Gasteiger partial charge in [-0.1, -0.05) is 11.6 Å². The lowest BCUT2D eigenvalue weighted by Gasteiger charge is -2.08. The second kappa shape index (κ2) is 9.58. The second-order valence-corrected chi connectivity index (χ2v) is 7.64. The third-order valence-corrected chi connectivity index (χ3v) is 5.03. The minimum Gasteiger partial charge on any atom is -0.456 e. The molecular formula is C17H15ClF2N2O5S. The zero-order valence-corrected chi connectivity index (χ0v) is 15.8. The van der Waals surface area contributed by atoms with Gasteiger partial charge in [0, 0.05) is 17.3 Å². The van der Waals surface area contributed by atoms with Crippen molar-refractivity contribution in [3.05, 3.63) is 59.1 Å². The quantitative estimate of drug-likeness (QED) is 0.624. The number of nitrogens with one attached hydrogen (secondary N) is 2. The number of halogens is 3. The Morgan fingerprint density at radius 1 is 1.04 bits per heavy atom. The smallest absolute Gasteiger partial charge is 0.307 e. The van der Waals surface area contributed by atoms with E-state index in [-0.39, 0.29) is 13.0 Å². The maximum Gasteiger partial charge on any atom is 0.307 e. The van der Waals surface area contributed by atoms with E-state index in [9.17, 15) is 26.8 Å². The van der Waals surface area contributed by atoms with Crippen LogP contribution in [0, 0.1) is 11.6 Å². The number of sulfonamides is 1. The molecule has 0 aliphatic rings. The molecule has 0 bridgehead atoms. The lowest BCUT2D eigenvalue weighted by atomic mass is 10.3. The molecule has 2 aromatic rings. The summed E-state index contributed by atoms with van der Waals surface area (Å²) in [7, 11) is -4.13. The first-order valence-corrected chi connectivity index (χ1v) is 9.69. The Morgan fingerprint density at radius 2 is 1.71 bits per heavy atom. The average molecular weight is 433 g/mol. The number of ether oxygens (including phenoxy) is 1. The van der Waals surface area contributed by atoms with Crippen LogP contribution in [0.25, 0.3) is 0 Å². The predicted octanol–water partition coefficient (Wildman–Crippen LogP) is 2.47. The monoisotopic (exact) mass is 432 g/mol. The van der Waals surface area contributed by atoms with Gasteiger partial charge in [0.2, 0.25) is 10.0 Å². The first-order valence-electron chi connectivity index (χ1n) is 7.83. The minimum atomic E-state index is -4.13. The molecule has 0 heterocycles. The van der Waals surface area contributed by atoms with Gasteiger partial charge in [-0.05, 0) is 42.5 Å². The predicted molar refractivity (Wildman–Crippen MR) is 97.2 cm³/mol. The Labute approximate surface area is 164 Å². The van der Waals surface area contributed by atoms with Crippen LogP contribution in [0.2, 0.25) is 5.02 Å². The van der Waals surface area contributed by atoms with Crippen LogP contribution in [-0.2, 0) is 24.3 Å². The average Bonchev–Trinajstić information content (AvgIpc) is 2.64. The number of amides is 1. The lowest BCUT2D eigenvalue weighted by molar-refractivity contribution is -0.147. The van der Waals surface area contributed by atoms with Gasteiger partial charge in [-0.25, -0.2) is 21.9 Å². The second-order valence-electron chi connectivity index (χ2n) is 5.44. The van der Waals surface area contributed by atoms with Crippen LogP contribution in [0.5, 0.6) is 0 Å². The zero-order chi connectivity index (χ0) is 20.7. The number of benzene rings is 2. The molecule has 0 saturated heterocycles. The number of carbonyl (C=O) groups excluding carboxylic acids is 2. The van der Waals surface area contributed by atoms with Crippen LogP contribution >= 0.6 is 11.6 Å². The Bertz CT molecular complexity index is 968. The molecule has 1 amide bonds. The summed E-state index contributed by atoms with van der Waals surface area (Å²) in [5.41, 5.74) is 0.463. The summed E-state index contributed by atoms with van der Waals surface area (Å²) in [6.45, 7) is -0.906. The van der Waals surface area contributed by atoms with Crippen molar-refractivity contribution in [2.24, 2.45) is 0 Å². The van der Waals surface area contributed by atoms with Crippen molar-refractivity contribution in [1.29, 1.82) is 0 Å². The molecule has 0 unspecified atom stereocenters. The van der Waals surface area contributed by atoms with Crippen molar-refractivity contribution in [2.75, 3.05) is 18.5 Å². The third-order valence-electron chi connectivity index (χ3n) is 3.31. The summed E-state index contributed by atoms with van der Waals surface area (Å²) in [5.74, 6) is -3.90. The van der Waals surface area contributed by atoms with Crippen LogP contribution in [-0.4, -0.2) is 33.4 Å². The van der Waals surface area contributed by atoms with Crippen LogP contribution in [0.15, 0.2) is 47.4 Å². The van der Waals surface area contributed by atoms with Crippen LogP contribution in [0.1, 0.15) is 6.42 Å². The Hall–Kier alpha value is -2.56. The van der Waals surface area contributed by atoms with Crippen molar-refractivity contribution >= 4 is 39.2 Å². The molecule has 28 heavy (non-hydrogen) atoms. The third kappa shape index (κ3) is 6.55. The Morgan fingerprint density at radius 3 is 2.36 bits per heavy atom. The summed E-state index contributed by atoms with van der Waals surface area (Å²) in [6.07, 6.45) is -0.364. The molecule has 0 aliphatic carbocycles. The SMILES string of the molecule is O=C(COC(=O)CCNS(=O)(=O)c1ccc(F)c(F)c1)Nc1ccc(Cl)cc1. The molecule has 150 valence electrons. The Kier molecular flexibility index (Phi) is 7.44. The number of carbonyl (C=O) groups is 2. The number of rotatable bonds is 8. The molecule has 7 nitrogen and oxygen atoms in total. The summed E-state index contributed by atoms with van der Waals surface area (Å²) < 4.78 is 56.7. The molecular weight excluding hydrogens is 418 g/mol. The first kappa shape index (κ1) is 21.7. The minimum absolute atomic E-state index is 0.348. The molecule has 2 rings (SSSR count). The first-order chi connectivity index (χ1) is 13.2. The molecule has 0 fully saturated rings. The van der Waals surface area contributed by atoms with E-state index in [1.807, 2.05) is 0 Å². The number of esters is 1. The van der Waals surface area contributed by atoms with Gasteiger partial charge in [0.25, 0.3) is 5.91 Å². The van der Waals surface area contributed by atoms with Gasteiger partial charge in [-0.2, -0.15) is 0 Å². The van der Waals surface area contributed by atoms with E-state index < -0.39 is 45.0 Å². The zero-order valence-electron chi connectivity index (χ0n) is 14.2. The topological polar surface area (TPSA) is 102 Å². The van der Waals surface area contributed by atoms with Crippen molar-refractivity contribution < 1.29 is 31.5 Å². The molecule has 11 heteroatoms.